The molecule has 2 aliphatic heterocycles. The van der Waals surface area contributed by atoms with Crippen LogP contribution in [-0.2, 0) is 15.9 Å². The molecule has 1 atom stereocenters. The molecule has 2 N–H and O–H groups in total. The van der Waals surface area contributed by atoms with Crippen LogP contribution in [0.5, 0.6) is 0 Å². The molecule has 7 nitrogen and oxygen atoms in total. The van der Waals surface area contributed by atoms with Gasteiger partial charge in [0, 0.05) is 37.5 Å². The van der Waals surface area contributed by atoms with E-state index in [0.29, 0.717) is 32.8 Å². The second kappa shape index (κ2) is 7.01. The first-order valence-corrected chi connectivity index (χ1v) is 8.91. The number of nitrogens with one attached hydrogen (secondary N) is 2. The molecule has 4 rings (SSSR count). The van der Waals surface area contributed by atoms with E-state index in [1.807, 2.05) is 23.2 Å². The van der Waals surface area contributed by atoms with Gasteiger partial charge in [-0.1, -0.05) is 0 Å². The normalized spacial score (nSPS) is 23.9. The van der Waals surface area contributed by atoms with Crippen molar-refractivity contribution in [2.24, 2.45) is 0 Å². The summed E-state index contributed by atoms with van der Waals surface area (Å²) in [7, 11) is 0. The van der Waals surface area contributed by atoms with Gasteiger partial charge in [0.05, 0.1) is 19.8 Å². The number of urea groups is 1. The molecule has 0 aliphatic carbocycles. The number of hydrogen-bond acceptors (Lipinski definition) is 4. The highest BCUT2D eigenvalue weighted by Gasteiger charge is 2.40. The summed E-state index contributed by atoms with van der Waals surface area (Å²) in [5.41, 5.74) is 1.75. The van der Waals surface area contributed by atoms with E-state index in [4.69, 9.17) is 9.47 Å². The average molecular weight is 344 g/mol. The summed E-state index contributed by atoms with van der Waals surface area (Å²) in [6.45, 7) is 3.78. The molecular weight excluding hydrogens is 320 g/mol. The van der Waals surface area contributed by atoms with Crippen molar-refractivity contribution in [3.8, 4) is 0 Å². The molecule has 2 saturated heterocycles. The van der Waals surface area contributed by atoms with Crippen LogP contribution in [0.2, 0.25) is 0 Å². The molecule has 2 aromatic rings. The molecule has 0 aromatic carbocycles. The molecular formula is C18H24N4O3. The van der Waals surface area contributed by atoms with Crippen molar-refractivity contribution >= 4 is 17.1 Å². The Morgan fingerprint density at radius 3 is 3.28 bits per heavy atom. The third-order valence-corrected chi connectivity index (χ3v) is 5.03. The molecule has 0 bridgehead atoms. The lowest BCUT2D eigenvalue weighted by Crippen LogP contribution is -2.59. The lowest BCUT2D eigenvalue weighted by atomic mass is 9.94. The van der Waals surface area contributed by atoms with Crippen LogP contribution in [0.15, 0.2) is 24.5 Å². The van der Waals surface area contributed by atoms with E-state index < -0.39 is 0 Å². The standard InChI is InChI=1S/C18H24N4O3/c23-17(22-8-10-25-18(12-22)5-2-9-24-13-18)20-7-4-14-11-21-16-15(14)3-1-6-19-16/h1,3,6,11H,2,4-5,7-10,12-13H2,(H,19,21)(H,20,23). The number of morpholine rings is 1. The summed E-state index contributed by atoms with van der Waals surface area (Å²) in [6.07, 6.45) is 6.46. The summed E-state index contributed by atoms with van der Waals surface area (Å²) in [5, 5.41) is 4.15. The van der Waals surface area contributed by atoms with E-state index in [0.717, 1.165) is 36.9 Å². The van der Waals surface area contributed by atoms with Gasteiger partial charge in [0.2, 0.25) is 0 Å². The molecule has 7 heteroatoms. The number of rotatable bonds is 3. The minimum absolute atomic E-state index is 0.0220. The van der Waals surface area contributed by atoms with Gasteiger partial charge in [-0.25, -0.2) is 9.78 Å². The summed E-state index contributed by atoms with van der Waals surface area (Å²) in [5.74, 6) is 0. The van der Waals surface area contributed by atoms with Gasteiger partial charge >= 0.3 is 6.03 Å². The SMILES string of the molecule is O=C(NCCc1c[nH]c2ncccc12)N1CCOC2(CCCOC2)C1. The molecule has 1 unspecified atom stereocenters. The number of carbonyl (C=O) groups is 1. The smallest absolute Gasteiger partial charge is 0.317 e. The van der Waals surface area contributed by atoms with Gasteiger partial charge in [0.25, 0.3) is 0 Å². The Kier molecular flexibility index (Phi) is 4.59. The maximum Gasteiger partial charge on any atom is 0.317 e. The third-order valence-electron chi connectivity index (χ3n) is 5.03. The Balaban J connectivity index is 1.31. The largest absolute Gasteiger partial charge is 0.378 e. The second-order valence-corrected chi connectivity index (χ2v) is 6.80. The van der Waals surface area contributed by atoms with Crippen LogP contribution in [0, 0.1) is 0 Å². The Hall–Kier alpha value is -2.12. The molecule has 2 amide bonds. The second-order valence-electron chi connectivity index (χ2n) is 6.80. The highest BCUT2D eigenvalue weighted by atomic mass is 16.5. The third kappa shape index (κ3) is 3.48. The van der Waals surface area contributed by atoms with E-state index in [1.165, 1.54) is 5.56 Å². The van der Waals surface area contributed by atoms with Gasteiger partial charge in [-0.3, -0.25) is 0 Å². The number of aromatic amines is 1. The van der Waals surface area contributed by atoms with Gasteiger partial charge in [-0.2, -0.15) is 0 Å². The number of amides is 2. The maximum atomic E-state index is 12.5. The fourth-order valence-electron chi connectivity index (χ4n) is 3.72. The number of pyridine rings is 1. The van der Waals surface area contributed by atoms with Gasteiger partial charge < -0.3 is 24.7 Å². The van der Waals surface area contributed by atoms with Crippen LogP contribution in [0.1, 0.15) is 18.4 Å². The molecule has 2 aromatic heterocycles. The predicted molar refractivity (Wildman–Crippen MR) is 93.5 cm³/mol. The van der Waals surface area contributed by atoms with Crippen molar-refractivity contribution in [2.75, 3.05) is 39.5 Å². The van der Waals surface area contributed by atoms with E-state index >= 15 is 0 Å². The number of aromatic nitrogens is 2. The number of H-pyrrole nitrogens is 1. The minimum Gasteiger partial charge on any atom is -0.378 e. The van der Waals surface area contributed by atoms with Crippen LogP contribution < -0.4 is 5.32 Å². The first-order valence-electron chi connectivity index (χ1n) is 8.91. The van der Waals surface area contributed by atoms with Gasteiger partial charge in [-0.05, 0) is 37.0 Å². The Labute approximate surface area is 146 Å². The molecule has 0 radical (unpaired) electrons. The maximum absolute atomic E-state index is 12.5. The highest BCUT2D eigenvalue weighted by Crippen LogP contribution is 2.27. The lowest BCUT2D eigenvalue weighted by molar-refractivity contribution is -0.160. The fourth-order valence-corrected chi connectivity index (χ4v) is 3.72. The Morgan fingerprint density at radius 1 is 1.44 bits per heavy atom. The number of hydrogen-bond donors (Lipinski definition) is 2. The first kappa shape index (κ1) is 16.4. The number of carbonyl (C=O) groups excluding carboxylic acids is 1. The molecule has 1 spiro atoms. The van der Waals surface area contributed by atoms with Crippen molar-refractivity contribution in [3.63, 3.8) is 0 Å². The van der Waals surface area contributed by atoms with E-state index in [9.17, 15) is 4.79 Å². The quantitative estimate of drug-likeness (QED) is 0.888. The predicted octanol–water partition coefficient (Wildman–Crippen LogP) is 1.70. The van der Waals surface area contributed by atoms with Crippen LogP contribution in [0.4, 0.5) is 4.79 Å². The zero-order chi connectivity index (χ0) is 17.1. The van der Waals surface area contributed by atoms with Crippen molar-refractivity contribution < 1.29 is 14.3 Å². The minimum atomic E-state index is -0.309. The van der Waals surface area contributed by atoms with Gasteiger partial charge in [-0.15, -0.1) is 0 Å². The van der Waals surface area contributed by atoms with Crippen molar-refractivity contribution in [2.45, 2.75) is 24.9 Å². The van der Waals surface area contributed by atoms with Gasteiger partial charge in [0.1, 0.15) is 11.2 Å². The molecule has 134 valence electrons. The van der Waals surface area contributed by atoms with Gasteiger partial charge in [0.15, 0.2) is 0 Å². The van der Waals surface area contributed by atoms with E-state index in [1.54, 1.807) is 6.20 Å². The number of fused-ring (bicyclic) bond motifs is 1. The van der Waals surface area contributed by atoms with Crippen LogP contribution in [0.25, 0.3) is 11.0 Å². The monoisotopic (exact) mass is 344 g/mol. The molecule has 25 heavy (non-hydrogen) atoms. The molecule has 0 saturated carbocycles. The summed E-state index contributed by atoms with van der Waals surface area (Å²) >= 11 is 0. The van der Waals surface area contributed by atoms with E-state index in [-0.39, 0.29) is 11.6 Å². The molecule has 4 heterocycles. The zero-order valence-electron chi connectivity index (χ0n) is 14.3. The van der Waals surface area contributed by atoms with Crippen LogP contribution >= 0.6 is 0 Å². The molecule has 2 fully saturated rings. The van der Waals surface area contributed by atoms with Crippen molar-refractivity contribution in [1.29, 1.82) is 0 Å². The Bertz CT molecular complexity index is 733. The highest BCUT2D eigenvalue weighted by molar-refractivity contribution is 5.79. The number of ether oxygens (including phenoxy) is 2. The summed E-state index contributed by atoms with van der Waals surface area (Å²) < 4.78 is 11.5. The lowest BCUT2D eigenvalue weighted by Gasteiger charge is -2.44. The first-order chi connectivity index (χ1) is 12.3. The number of nitrogens with zero attached hydrogens (tertiary/aromatic N) is 2. The van der Waals surface area contributed by atoms with Crippen LogP contribution in [0.3, 0.4) is 0 Å². The summed E-state index contributed by atoms with van der Waals surface area (Å²) in [4.78, 5) is 21.8. The zero-order valence-corrected chi connectivity index (χ0v) is 14.3. The van der Waals surface area contributed by atoms with Crippen molar-refractivity contribution in [3.05, 3.63) is 30.1 Å². The van der Waals surface area contributed by atoms with Crippen LogP contribution in [-0.4, -0.2) is 66.0 Å². The topological polar surface area (TPSA) is 79.5 Å². The summed E-state index contributed by atoms with van der Waals surface area (Å²) in [6, 6.07) is 3.95. The van der Waals surface area contributed by atoms with Crippen molar-refractivity contribution in [1.82, 2.24) is 20.2 Å². The fraction of sp³-hybridized carbons (Fsp3) is 0.556. The van der Waals surface area contributed by atoms with E-state index in [2.05, 4.69) is 15.3 Å². The average Bonchev–Trinajstić information content (AvgIpc) is 3.06. The Morgan fingerprint density at radius 2 is 2.40 bits per heavy atom. The molecule has 2 aliphatic rings.